The highest BCUT2D eigenvalue weighted by molar-refractivity contribution is 5.48. The summed E-state index contributed by atoms with van der Waals surface area (Å²) in [5.41, 5.74) is 3.28. The van der Waals surface area contributed by atoms with Gasteiger partial charge in [0.25, 0.3) is 0 Å². The van der Waals surface area contributed by atoms with Crippen LogP contribution in [-0.2, 0) is 13.6 Å². The second-order valence-electron chi connectivity index (χ2n) is 4.31. The van der Waals surface area contributed by atoms with Gasteiger partial charge >= 0.3 is 0 Å². The van der Waals surface area contributed by atoms with Crippen molar-refractivity contribution in [2.75, 3.05) is 19.5 Å². The summed E-state index contributed by atoms with van der Waals surface area (Å²) in [6.07, 6.45) is 1.83. The molecule has 2 aromatic rings. The zero-order valence-electron chi connectivity index (χ0n) is 11.7. The Morgan fingerprint density at radius 2 is 1.95 bits per heavy atom. The van der Waals surface area contributed by atoms with Crippen molar-refractivity contribution in [1.29, 1.82) is 0 Å². The zero-order valence-corrected chi connectivity index (χ0v) is 11.7. The largest absolute Gasteiger partial charge is 0.493 e. The Morgan fingerprint density at radius 3 is 2.53 bits per heavy atom. The lowest BCUT2D eigenvalue weighted by atomic mass is 10.2. The van der Waals surface area contributed by atoms with Crippen LogP contribution in [0.2, 0.25) is 0 Å². The van der Waals surface area contributed by atoms with Crippen LogP contribution in [0.1, 0.15) is 11.3 Å². The number of ether oxygens (including phenoxy) is 2. The number of nitrogens with zero attached hydrogens (tertiary/aromatic N) is 2. The first-order chi connectivity index (χ1) is 9.15. The van der Waals surface area contributed by atoms with Crippen LogP contribution in [0, 0.1) is 6.92 Å². The van der Waals surface area contributed by atoms with Gasteiger partial charge in [-0.3, -0.25) is 4.68 Å². The molecule has 0 atom stereocenters. The number of rotatable bonds is 5. The number of methoxy groups -OCH3 is 2. The third-order valence-corrected chi connectivity index (χ3v) is 3.17. The van der Waals surface area contributed by atoms with Crippen molar-refractivity contribution < 1.29 is 9.47 Å². The third-order valence-electron chi connectivity index (χ3n) is 3.17. The van der Waals surface area contributed by atoms with Crippen LogP contribution in [0.3, 0.4) is 0 Å². The Labute approximate surface area is 113 Å². The predicted octanol–water partition coefficient (Wildman–Crippen LogP) is 2.36. The molecule has 0 spiro atoms. The second kappa shape index (κ2) is 5.65. The molecule has 1 aromatic carbocycles. The molecule has 5 nitrogen and oxygen atoms in total. The molecule has 0 bridgehead atoms. The van der Waals surface area contributed by atoms with E-state index in [-0.39, 0.29) is 0 Å². The minimum absolute atomic E-state index is 0.715. The van der Waals surface area contributed by atoms with Crippen molar-refractivity contribution in [3.63, 3.8) is 0 Å². The van der Waals surface area contributed by atoms with E-state index in [0.29, 0.717) is 6.54 Å². The predicted molar refractivity (Wildman–Crippen MR) is 74.8 cm³/mol. The quantitative estimate of drug-likeness (QED) is 0.897. The summed E-state index contributed by atoms with van der Waals surface area (Å²) >= 11 is 0. The molecule has 0 aliphatic carbocycles. The molecule has 19 heavy (non-hydrogen) atoms. The maximum atomic E-state index is 5.29. The van der Waals surface area contributed by atoms with Crippen LogP contribution < -0.4 is 14.8 Å². The monoisotopic (exact) mass is 261 g/mol. The summed E-state index contributed by atoms with van der Waals surface area (Å²) in [4.78, 5) is 0. The number of hydrogen-bond donors (Lipinski definition) is 1. The van der Waals surface area contributed by atoms with Crippen LogP contribution in [-0.4, -0.2) is 24.0 Å². The van der Waals surface area contributed by atoms with Gasteiger partial charge < -0.3 is 14.8 Å². The van der Waals surface area contributed by atoms with Gasteiger partial charge in [-0.05, 0) is 24.6 Å². The van der Waals surface area contributed by atoms with Gasteiger partial charge in [0.15, 0.2) is 11.5 Å². The van der Waals surface area contributed by atoms with E-state index in [4.69, 9.17) is 9.47 Å². The lowest BCUT2D eigenvalue weighted by Gasteiger charge is -2.10. The lowest BCUT2D eigenvalue weighted by molar-refractivity contribution is 0.354. The Balaban J connectivity index is 2.09. The molecule has 0 aliphatic heterocycles. The number of anilines is 1. The average molecular weight is 261 g/mol. The summed E-state index contributed by atoms with van der Waals surface area (Å²) in [5.74, 6) is 1.48. The van der Waals surface area contributed by atoms with Gasteiger partial charge in [-0.1, -0.05) is 6.07 Å². The van der Waals surface area contributed by atoms with Crippen LogP contribution in [0.4, 0.5) is 5.69 Å². The normalized spacial score (nSPS) is 10.3. The van der Waals surface area contributed by atoms with Crippen molar-refractivity contribution in [3.05, 3.63) is 35.7 Å². The molecule has 0 amide bonds. The van der Waals surface area contributed by atoms with Crippen molar-refractivity contribution in [1.82, 2.24) is 9.78 Å². The molecule has 0 saturated carbocycles. The first kappa shape index (κ1) is 13.3. The summed E-state index contributed by atoms with van der Waals surface area (Å²) < 4.78 is 12.3. The molecule has 5 heteroatoms. The molecule has 2 rings (SSSR count). The summed E-state index contributed by atoms with van der Waals surface area (Å²) in [6, 6.07) is 5.89. The van der Waals surface area contributed by atoms with Crippen LogP contribution >= 0.6 is 0 Å². The molecule has 0 saturated heterocycles. The molecule has 0 fully saturated rings. The first-order valence-electron chi connectivity index (χ1n) is 6.09. The van der Waals surface area contributed by atoms with Crippen LogP contribution in [0.15, 0.2) is 24.4 Å². The minimum Gasteiger partial charge on any atom is -0.493 e. The van der Waals surface area contributed by atoms with E-state index in [1.165, 1.54) is 0 Å². The molecule has 0 radical (unpaired) electrons. The molecule has 1 heterocycles. The van der Waals surface area contributed by atoms with E-state index in [1.54, 1.807) is 14.2 Å². The van der Waals surface area contributed by atoms with E-state index in [9.17, 15) is 0 Å². The van der Waals surface area contributed by atoms with E-state index < -0.39 is 0 Å². The van der Waals surface area contributed by atoms with Crippen molar-refractivity contribution in [3.8, 4) is 11.5 Å². The van der Waals surface area contributed by atoms with Crippen LogP contribution in [0.5, 0.6) is 11.5 Å². The van der Waals surface area contributed by atoms with Gasteiger partial charge in [-0.2, -0.15) is 5.10 Å². The van der Waals surface area contributed by atoms with Crippen molar-refractivity contribution >= 4 is 5.69 Å². The van der Waals surface area contributed by atoms with Crippen molar-refractivity contribution in [2.45, 2.75) is 13.5 Å². The number of nitrogens with one attached hydrogen (secondary N) is 1. The minimum atomic E-state index is 0.715. The highest BCUT2D eigenvalue weighted by Crippen LogP contribution is 2.27. The Kier molecular flexibility index (Phi) is 3.94. The van der Waals surface area contributed by atoms with E-state index in [2.05, 4.69) is 10.4 Å². The topological polar surface area (TPSA) is 48.3 Å². The van der Waals surface area contributed by atoms with Gasteiger partial charge in [0, 0.05) is 13.6 Å². The molecule has 0 unspecified atom stereocenters. The molecule has 1 N–H and O–H groups in total. The van der Waals surface area contributed by atoms with E-state index in [0.717, 1.165) is 28.4 Å². The van der Waals surface area contributed by atoms with Gasteiger partial charge in [0.2, 0.25) is 0 Å². The fourth-order valence-electron chi connectivity index (χ4n) is 1.86. The highest BCUT2D eigenvalue weighted by Gasteiger charge is 2.06. The Hall–Kier alpha value is -2.17. The number of aromatic nitrogens is 2. The molecule has 102 valence electrons. The molecular weight excluding hydrogens is 242 g/mol. The fraction of sp³-hybridized carbons (Fsp3) is 0.357. The smallest absolute Gasteiger partial charge is 0.161 e. The Bertz CT molecular complexity index is 564. The average Bonchev–Trinajstić information content (AvgIpc) is 2.76. The maximum absolute atomic E-state index is 5.29. The third kappa shape index (κ3) is 2.81. The van der Waals surface area contributed by atoms with Gasteiger partial charge in [0.05, 0.1) is 31.8 Å². The fourth-order valence-corrected chi connectivity index (χ4v) is 1.86. The van der Waals surface area contributed by atoms with E-state index >= 15 is 0 Å². The molecule has 0 aliphatic rings. The zero-order chi connectivity index (χ0) is 13.8. The van der Waals surface area contributed by atoms with Crippen molar-refractivity contribution in [2.24, 2.45) is 7.05 Å². The van der Waals surface area contributed by atoms with E-state index in [1.807, 2.05) is 43.0 Å². The van der Waals surface area contributed by atoms with Gasteiger partial charge in [0.1, 0.15) is 0 Å². The van der Waals surface area contributed by atoms with Gasteiger partial charge in [-0.25, -0.2) is 0 Å². The SMILES string of the molecule is COc1ccc(CNc2cnn(C)c2C)cc1OC. The summed E-state index contributed by atoms with van der Waals surface area (Å²) in [7, 11) is 5.20. The Morgan fingerprint density at radius 1 is 1.21 bits per heavy atom. The van der Waals surface area contributed by atoms with Crippen LogP contribution in [0.25, 0.3) is 0 Å². The second-order valence-corrected chi connectivity index (χ2v) is 4.31. The molecular formula is C14H19N3O2. The number of aryl methyl sites for hydroxylation is 1. The first-order valence-corrected chi connectivity index (χ1v) is 6.09. The summed E-state index contributed by atoms with van der Waals surface area (Å²) in [6.45, 7) is 2.75. The highest BCUT2D eigenvalue weighted by atomic mass is 16.5. The number of hydrogen-bond acceptors (Lipinski definition) is 4. The maximum Gasteiger partial charge on any atom is 0.161 e. The molecule has 1 aromatic heterocycles. The lowest BCUT2D eigenvalue weighted by Crippen LogP contribution is -2.02. The standard InChI is InChI=1S/C14H19N3O2/c1-10-12(9-16-17(10)2)15-8-11-5-6-13(18-3)14(7-11)19-4/h5-7,9,15H,8H2,1-4H3. The van der Waals surface area contributed by atoms with Gasteiger partial charge in [-0.15, -0.1) is 0 Å². The number of benzene rings is 1. The summed E-state index contributed by atoms with van der Waals surface area (Å²) in [5, 5.41) is 7.56.